The number of carbonyl (C=O) groups is 1. The number of hydrogen-bond acceptors (Lipinski definition) is 1. The van der Waals surface area contributed by atoms with E-state index in [0.717, 1.165) is 6.07 Å². The lowest BCUT2D eigenvalue weighted by Crippen LogP contribution is -2.45. The Morgan fingerprint density at radius 3 is 1.83 bits per heavy atom. The lowest BCUT2D eigenvalue weighted by Gasteiger charge is -2.18. The minimum Gasteiger partial charge on any atom is -0.292 e. The van der Waals surface area contributed by atoms with E-state index < -0.39 is 41.5 Å². The van der Waals surface area contributed by atoms with Gasteiger partial charge in [0.2, 0.25) is 5.78 Å². The number of ketones is 1. The highest BCUT2D eigenvalue weighted by Gasteiger charge is 2.62. The molecule has 0 radical (unpaired) electrons. The van der Waals surface area contributed by atoms with Gasteiger partial charge in [-0.25, -0.2) is 8.78 Å². The van der Waals surface area contributed by atoms with Crippen LogP contribution < -0.4 is 0 Å². The highest BCUT2D eigenvalue weighted by Crippen LogP contribution is 2.37. The zero-order chi connectivity index (χ0) is 14.1. The van der Waals surface area contributed by atoms with E-state index in [1.165, 1.54) is 0 Å². The predicted molar refractivity (Wildman–Crippen MR) is 46.1 cm³/mol. The van der Waals surface area contributed by atoms with Crippen LogP contribution >= 0.6 is 0 Å². The molecule has 0 aliphatic carbocycles. The maximum absolute atomic E-state index is 13.0. The second-order valence-corrected chi connectivity index (χ2v) is 3.37. The molecule has 0 saturated carbocycles. The SMILES string of the molecule is O=C(Cc1c(F)cccc1F)C(F)(F)C(F)(F)F. The zero-order valence-electron chi connectivity index (χ0n) is 8.49. The molecule has 1 nitrogen and oxygen atoms in total. The van der Waals surface area contributed by atoms with Crippen molar-refractivity contribution in [2.45, 2.75) is 18.5 Å². The summed E-state index contributed by atoms with van der Waals surface area (Å²) in [5.41, 5.74) is -1.12. The summed E-state index contributed by atoms with van der Waals surface area (Å²) < 4.78 is 86.5. The van der Waals surface area contributed by atoms with Crippen LogP contribution in [0.5, 0.6) is 0 Å². The van der Waals surface area contributed by atoms with Crippen LogP contribution in [-0.2, 0) is 11.2 Å². The van der Waals surface area contributed by atoms with Gasteiger partial charge in [0.05, 0.1) is 0 Å². The van der Waals surface area contributed by atoms with E-state index in [4.69, 9.17) is 0 Å². The molecular formula is C10H5F7O. The Balaban J connectivity index is 3.03. The van der Waals surface area contributed by atoms with Gasteiger partial charge in [0, 0.05) is 12.0 Å². The number of carbonyl (C=O) groups excluding carboxylic acids is 1. The molecule has 0 amide bonds. The molecule has 100 valence electrons. The van der Waals surface area contributed by atoms with Crippen LogP contribution in [0.4, 0.5) is 30.7 Å². The molecule has 18 heavy (non-hydrogen) atoms. The molecule has 1 aromatic carbocycles. The minimum atomic E-state index is -6.09. The fraction of sp³-hybridized carbons (Fsp3) is 0.300. The van der Waals surface area contributed by atoms with Crippen LogP contribution in [0.3, 0.4) is 0 Å². The van der Waals surface area contributed by atoms with Crippen molar-refractivity contribution in [2.24, 2.45) is 0 Å². The van der Waals surface area contributed by atoms with Crippen molar-refractivity contribution in [1.29, 1.82) is 0 Å². The largest absolute Gasteiger partial charge is 0.461 e. The summed E-state index contributed by atoms with van der Waals surface area (Å²) in [6, 6.07) is 2.19. The molecule has 0 bridgehead atoms. The van der Waals surface area contributed by atoms with Crippen LogP contribution in [0, 0.1) is 11.6 Å². The topological polar surface area (TPSA) is 17.1 Å². The average Bonchev–Trinajstić information content (AvgIpc) is 2.21. The van der Waals surface area contributed by atoms with Gasteiger partial charge in [-0.05, 0) is 12.1 Å². The van der Waals surface area contributed by atoms with E-state index in [-0.39, 0.29) is 0 Å². The molecule has 1 rings (SSSR count). The summed E-state index contributed by atoms with van der Waals surface area (Å²) in [5, 5.41) is 0. The third-order valence-corrected chi connectivity index (χ3v) is 2.11. The summed E-state index contributed by atoms with van der Waals surface area (Å²) >= 11 is 0. The molecule has 0 fully saturated rings. The molecule has 0 aliphatic heterocycles. The molecular weight excluding hydrogens is 269 g/mol. The molecule has 0 aliphatic rings. The molecule has 0 unspecified atom stereocenters. The Morgan fingerprint density at radius 1 is 1.00 bits per heavy atom. The van der Waals surface area contributed by atoms with Gasteiger partial charge in [0.1, 0.15) is 11.6 Å². The van der Waals surface area contributed by atoms with E-state index in [1.54, 1.807) is 0 Å². The second-order valence-electron chi connectivity index (χ2n) is 3.37. The second kappa shape index (κ2) is 4.58. The molecule has 1 aromatic rings. The number of benzene rings is 1. The van der Waals surface area contributed by atoms with Gasteiger partial charge >= 0.3 is 12.1 Å². The summed E-state index contributed by atoms with van der Waals surface area (Å²) in [6.07, 6.45) is -7.77. The Bertz CT molecular complexity index is 444. The van der Waals surface area contributed by atoms with Crippen molar-refractivity contribution >= 4 is 5.78 Å². The van der Waals surface area contributed by atoms with E-state index in [0.29, 0.717) is 12.1 Å². The van der Waals surface area contributed by atoms with Gasteiger partial charge in [-0.15, -0.1) is 0 Å². The van der Waals surface area contributed by atoms with Crippen molar-refractivity contribution in [1.82, 2.24) is 0 Å². The maximum atomic E-state index is 13.0. The Labute approximate surface area is 96.2 Å². The summed E-state index contributed by atoms with van der Waals surface area (Å²) in [6.45, 7) is 0. The van der Waals surface area contributed by atoms with Crippen molar-refractivity contribution < 1.29 is 35.5 Å². The Morgan fingerprint density at radius 2 is 1.44 bits per heavy atom. The van der Waals surface area contributed by atoms with Crippen molar-refractivity contribution in [3.8, 4) is 0 Å². The molecule has 0 heterocycles. The molecule has 0 atom stereocenters. The van der Waals surface area contributed by atoms with Gasteiger partial charge in [-0.3, -0.25) is 4.79 Å². The van der Waals surface area contributed by atoms with E-state index >= 15 is 0 Å². The lowest BCUT2D eigenvalue weighted by molar-refractivity contribution is -0.268. The van der Waals surface area contributed by atoms with Gasteiger partial charge in [-0.1, -0.05) is 6.07 Å². The predicted octanol–water partition coefficient (Wildman–Crippen LogP) is 3.27. The highest BCUT2D eigenvalue weighted by atomic mass is 19.4. The molecule has 0 spiro atoms. The number of Topliss-reactive ketones (excluding diaryl/α,β-unsaturated/α-hetero) is 1. The van der Waals surface area contributed by atoms with Crippen LogP contribution in [0.25, 0.3) is 0 Å². The summed E-state index contributed by atoms with van der Waals surface area (Å²) in [7, 11) is 0. The van der Waals surface area contributed by atoms with Crippen molar-refractivity contribution in [2.75, 3.05) is 0 Å². The first-order chi connectivity index (χ1) is 8.07. The van der Waals surface area contributed by atoms with E-state index in [2.05, 4.69) is 0 Å². The van der Waals surface area contributed by atoms with Crippen LogP contribution in [0.2, 0.25) is 0 Å². The van der Waals surface area contributed by atoms with Crippen molar-refractivity contribution in [3.63, 3.8) is 0 Å². The van der Waals surface area contributed by atoms with Gasteiger partial charge in [0.15, 0.2) is 0 Å². The van der Waals surface area contributed by atoms with Crippen LogP contribution in [0.1, 0.15) is 5.56 Å². The Hall–Kier alpha value is -1.60. The maximum Gasteiger partial charge on any atom is 0.461 e. The number of halogens is 7. The summed E-state index contributed by atoms with van der Waals surface area (Å²) in [4.78, 5) is 10.8. The van der Waals surface area contributed by atoms with Gasteiger partial charge in [-0.2, -0.15) is 22.0 Å². The normalized spacial score (nSPS) is 12.6. The molecule has 8 heteroatoms. The highest BCUT2D eigenvalue weighted by molar-refractivity contribution is 5.88. The molecule has 0 N–H and O–H groups in total. The fourth-order valence-electron chi connectivity index (χ4n) is 1.13. The third-order valence-electron chi connectivity index (χ3n) is 2.11. The minimum absolute atomic E-state index is 0.650. The first-order valence-corrected chi connectivity index (χ1v) is 4.48. The smallest absolute Gasteiger partial charge is 0.292 e. The molecule has 0 saturated heterocycles. The average molecular weight is 274 g/mol. The lowest BCUT2D eigenvalue weighted by atomic mass is 10.0. The first-order valence-electron chi connectivity index (χ1n) is 4.48. The monoisotopic (exact) mass is 274 g/mol. The van der Waals surface area contributed by atoms with Crippen molar-refractivity contribution in [3.05, 3.63) is 35.4 Å². The van der Waals surface area contributed by atoms with Gasteiger partial charge < -0.3 is 0 Å². The zero-order valence-corrected chi connectivity index (χ0v) is 8.49. The first kappa shape index (κ1) is 14.5. The standard InChI is InChI=1S/C10H5F7O/c11-6-2-1-3-7(12)5(6)4-8(18)9(13,14)10(15,16)17/h1-3H,4H2. The number of alkyl halides is 5. The van der Waals surface area contributed by atoms with E-state index in [1.807, 2.05) is 0 Å². The number of rotatable bonds is 3. The quantitative estimate of drug-likeness (QED) is 0.773. The third kappa shape index (κ3) is 2.62. The van der Waals surface area contributed by atoms with E-state index in [9.17, 15) is 35.5 Å². The van der Waals surface area contributed by atoms with Crippen LogP contribution in [-0.4, -0.2) is 17.9 Å². The van der Waals surface area contributed by atoms with Crippen LogP contribution in [0.15, 0.2) is 18.2 Å². The summed E-state index contributed by atoms with van der Waals surface area (Å²) in [5.74, 6) is -11.0. The van der Waals surface area contributed by atoms with Gasteiger partial charge in [0.25, 0.3) is 0 Å². The fourth-order valence-corrected chi connectivity index (χ4v) is 1.13. The molecule has 0 aromatic heterocycles. The number of hydrogen-bond donors (Lipinski definition) is 0. The Kier molecular flexibility index (Phi) is 3.68.